The zero-order chi connectivity index (χ0) is 26.8. The number of anilines is 2. The maximum absolute atomic E-state index is 13.4. The number of rotatable bonds is 4. The molecule has 2 heterocycles. The smallest absolute Gasteiger partial charge is 0.259 e. The van der Waals surface area contributed by atoms with Crippen molar-refractivity contribution in [3.8, 4) is 0 Å². The molecule has 3 aromatic rings. The molecule has 3 aromatic carbocycles. The quantitative estimate of drug-likeness (QED) is 0.440. The molecule has 3 aliphatic rings. The molecule has 6 rings (SSSR count). The highest BCUT2D eigenvalue weighted by molar-refractivity contribution is 6.09. The van der Waals surface area contributed by atoms with Gasteiger partial charge in [-0.15, -0.1) is 0 Å². The zero-order valence-electron chi connectivity index (χ0n) is 22.0. The van der Waals surface area contributed by atoms with E-state index < -0.39 is 0 Å². The Labute approximate surface area is 224 Å². The van der Waals surface area contributed by atoms with Gasteiger partial charge in [-0.2, -0.15) is 0 Å². The first-order valence-electron chi connectivity index (χ1n) is 13.1. The summed E-state index contributed by atoms with van der Waals surface area (Å²) in [6, 6.07) is 24.3. The van der Waals surface area contributed by atoms with Crippen LogP contribution in [0.3, 0.4) is 0 Å². The zero-order valence-corrected chi connectivity index (χ0v) is 22.0. The molecule has 1 saturated carbocycles. The highest BCUT2D eigenvalue weighted by atomic mass is 16.2. The number of fused-ring (bicyclic) bond motifs is 3. The lowest BCUT2D eigenvalue weighted by Crippen LogP contribution is -2.40. The van der Waals surface area contributed by atoms with Crippen LogP contribution in [0.15, 0.2) is 79.4 Å². The Kier molecular flexibility index (Phi) is 7.14. The van der Waals surface area contributed by atoms with Gasteiger partial charge in [-0.25, -0.2) is 0 Å². The summed E-state index contributed by atoms with van der Waals surface area (Å²) in [5.74, 6) is 0.265. The van der Waals surface area contributed by atoms with Crippen LogP contribution in [0.1, 0.15) is 46.3 Å². The summed E-state index contributed by atoms with van der Waals surface area (Å²) in [5, 5.41) is 0. The Morgan fingerprint density at radius 1 is 0.895 bits per heavy atom. The lowest BCUT2D eigenvalue weighted by molar-refractivity contribution is -0.122. The molecule has 1 aliphatic carbocycles. The maximum atomic E-state index is 13.4. The number of aryl methyl sites for hydroxylation is 1. The number of hydrogen-bond acceptors (Lipinski definition) is 4. The topological polar surface area (TPSA) is 60.9 Å². The van der Waals surface area contributed by atoms with E-state index in [1.807, 2.05) is 35.2 Å². The maximum Gasteiger partial charge on any atom is 0.259 e. The van der Waals surface area contributed by atoms with Crippen LogP contribution in [-0.2, 0) is 16.1 Å². The monoisotopic (exact) mass is 507 g/mol. The lowest BCUT2D eigenvalue weighted by atomic mass is 10.0. The van der Waals surface area contributed by atoms with E-state index in [1.54, 1.807) is 12.1 Å². The Morgan fingerprint density at radius 3 is 2.32 bits per heavy atom. The van der Waals surface area contributed by atoms with Gasteiger partial charge < -0.3 is 19.5 Å². The minimum Gasteiger partial charge on any atom is -0.369 e. The number of benzene rings is 3. The number of aldehydes is 1. The SMILES string of the molecule is C=C1c2ccccc2C(=O)N1CC=O.Cc1ccc2c(c1)N(Cc1ccccc1)C(=O)C1CCCC1N2C. The molecular weight excluding hydrogens is 474 g/mol. The average molecular weight is 508 g/mol. The van der Waals surface area contributed by atoms with Gasteiger partial charge in [-0.05, 0) is 49.1 Å². The van der Waals surface area contributed by atoms with Gasteiger partial charge in [0.1, 0.15) is 6.29 Å². The van der Waals surface area contributed by atoms with Crippen molar-refractivity contribution in [3.05, 3.63) is 102 Å². The summed E-state index contributed by atoms with van der Waals surface area (Å²) in [4.78, 5) is 41.2. The van der Waals surface area contributed by atoms with Gasteiger partial charge in [-0.1, -0.05) is 67.6 Å². The van der Waals surface area contributed by atoms with Crippen LogP contribution in [-0.4, -0.2) is 42.6 Å². The molecule has 0 spiro atoms. The third kappa shape index (κ3) is 4.62. The van der Waals surface area contributed by atoms with Gasteiger partial charge in [0.05, 0.1) is 30.4 Å². The summed E-state index contributed by atoms with van der Waals surface area (Å²) in [5.41, 5.74) is 6.66. The first-order valence-corrected chi connectivity index (χ1v) is 13.1. The molecule has 0 radical (unpaired) electrons. The fraction of sp³-hybridized carbons (Fsp3) is 0.281. The summed E-state index contributed by atoms with van der Waals surface area (Å²) in [6.07, 6.45) is 3.96. The summed E-state index contributed by atoms with van der Waals surface area (Å²) in [6.45, 7) is 6.61. The molecule has 2 amide bonds. The second-order valence-corrected chi connectivity index (χ2v) is 10.2. The molecule has 6 nitrogen and oxygen atoms in total. The molecule has 2 atom stereocenters. The first-order chi connectivity index (χ1) is 18.4. The van der Waals surface area contributed by atoms with Crippen molar-refractivity contribution in [2.75, 3.05) is 23.4 Å². The van der Waals surface area contributed by atoms with E-state index in [0.717, 1.165) is 30.5 Å². The van der Waals surface area contributed by atoms with E-state index in [9.17, 15) is 14.4 Å². The van der Waals surface area contributed by atoms with E-state index >= 15 is 0 Å². The van der Waals surface area contributed by atoms with Gasteiger partial charge in [0.25, 0.3) is 5.91 Å². The van der Waals surface area contributed by atoms with E-state index in [0.29, 0.717) is 30.1 Å². The van der Waals surface area contributed by atoms with Crippen molar-refractivity contribution >= 4 is 35.2 Å². The first kappa shape index (κ1) is 25.5. The van der Waals surface area contributed by atoms with Crippen molar-refractivity contribution in [2.45, 2.75) is 38.8 Å². The molecule has 194 valence electrons. The fourth-order valence-corrected chi connectivity index (χ4v) is 5.87. The predicted octanol–water partition coefficient (Wildman–Crippen LogP) is 5.46. The largest absolute Gasteiger partial charge is 0.369 e. The highest BCUT2D eigenvalue weighted by Gasteiger charge is 2.42. The number of nitrogens with zero attached hydrogens (tertiary/aromatic N) is 3. The van der Waals surface area contributed by atoms with Gasteiger partial charge in [0.15, 0.2) is 0 Å². The molecule has 0 aromatic heterocycles. The molecule has 1 fully saturated rings. The van der Waals surface area contributed by atoms with Crippen molar-refractivity contribution in [1.29, 1.82) is 0 Å². The molecule has 0 saturated heterocycles. The van der Waals surface area contributed by atoms with Crippen LogP contribution in [0.5, 0.6) is 0 Å². The second-order valence-electron chi connectivity index (χ2n) is 10.2. The molecule has 0 bridgehead atoms. The van der Waals surface area contributed by atoms with Gasteiger partial charge in [0, 0.05) is 29.9 Å². The Balaban J connectivity index is 0.000000179. The second kappa shape index (κ2) is 10.7. The number of hydrogen-bond donors (Lipinski definition) is 0. The van der Waals surface area contributed by atoms with E-state index in [1.165, 1.54) is 21.7 Å². The molecule has 0 N–H and O–H groups in total. The van der Waals surface area contributed by atoms with Crippen molar-refractivity contribution < 1.29 is 14.4 Å². The van der Waals surface area contributed by atoms with E-state index in [4.69, 9.17) is 0 Å². The highest BCUT2D eigenvalue weighted by Crippen LogP contribution is 2.42. The Morgan fingerprint density at radius 2 is 1.61 bits per heavy atom. The van der Waals surface area contributed by atoms with Gasteiger partial charge in [0.2, 0.25) is 5.91 Å². The third-order valence-electron chi connectivity index (χ3n) is 7.84. The van der Waals surface area contributed by atoms with Crippen LogP contribution in [0.2, 0.25) is 0 Å². The molecule has 2 aliphatic heterocycles. The molecule has 38 heavy (non-hydrogen) atoms. The number of amides is 2. The standard InChI is InChI=1S/C21H24N2O.C11H9NO2/c1-15-11-12-19-20(13-15)23(14-16-7-4-3-5-8-16)21(24)17-9-6-10-18(17)22(19)2;1-8-9-4-2-3-5-10(9)11(14)12(8)6-7-13/h3-5,7-8,11-13,17-18H,6,9-10,14H2,1-2H3;2-5,7H,1,6H2. The van der Waals surface area contributed by atoms with Crippen LogP contribution in [0, 0.1) is 12.8 Å². The van der Waals surface area contributed by atoms with Crippen molar-refractivity contribution in [1.82, 2.24) is 4.90 Å². The van der Waals surface area contributed by atoms with E-state index in [2.05, 4.69) is 55.8 Å². The van der Waals surface area contributed by atoms with Crippen molar-refractivity contribution in [3.63, 3.8) is 0 Å². The lowest BCUT2D eigenvalue weighted by Gasteiger charge is -2.28. The Hall–Kier alpha value is -4.19. The van der Waals surface area contributed by atoms with Crippen LogP contribution >= 0.6 is 0 Å². The average Bonchev–Trinajstić information content (AvgIpc) is 3.50. The molecular formula is C32H33N3O3. The van der Waals surface area contributed by atoms with Crippen molar-refractivity contribution in [2.24, 2.45) is 5.92 Å². The van der Waals surface area contributed by atoms with Gasteiger partial charge >= 0.3 is 0 Å². The summed E-state index contributed by atoms with van der Waals surface area (Å²) >= 11 is 0. The minimum absolute atomic E-state index is 0.0757. The summed E-state index contributed by atoms with van der Waals surface area (Å²) in [7, 11) is 2.15. The van der Waals surface area contributed by atoms with E-state index in [-0.39, 0.29) is 24.3 Å². The minimum atomic E-state index is -0.141. The molecule has 6 heteroatoms. The Bertz CT molecular complexity index is 1350. The molecule has 2 unspecified atom stereocenters. The van der Waals surface area contributed by atoms with Gasteiger partial charge in [-0.3, -0.25) is 9.59 Å². The summed E-state index contributed by atoms with van der Waals surface area (Å²) < 4.78 is 0. The third-order valence-corrected chi connectivity index (χ3v) is 7.84. The number of carbonyl (C=O) groups excluding carboxylic acids is 3. The predicted molar refractivity (Wildman–Crippen MR) is 151 cm³/mol. The van der Waals surface area contributed by atoms with Crippen LogP contribution in [0.25, 0.3) is 5.70 Å². The van der Waals surface area contributed by atoms with Crippen LogP contribution in [0.4, 0.5) is 11.4 Å². The number of carbonyl (C=O) groups is 3. The van der Waals surface area contributed by atoms with Crippen LogP contribution < -0.4 is 9.80 Å². The normalized spacial score (nSPS) is 19.8. The fourth-order valence-electron chi connectivity index (χ4n) is 5.87.